The van der Waals surface area contributed by atoms with Gasteiger partial charge in [-0.25, -0.2) is 0 Å². The molecule has 0 bridgehead atoms. The number of ketones is 1. The second-order valence-corrected chi connectivity index (χ2v) is 6.29. The number of hydrogen-bond acceptors (Lipinski definition) is 4. The number of thiocarbonyl (C=S) groups is 1. The first-order valence-corrected chi connectivity index (χ1v) is 9.02. The summed E-state index contributed by atoms with van der Waals surface area (Å²) in [6.45, 7) is 0. The molecule has 0 aromatic heterocycles. The van der Waals surface area contributed by atoms with Gasteiger partial charge in [0.15, 0.2) is 10.9 Å². The van der Waals surface area contributed by atoms with Crippen LogP contribution in [0.1, 0.15) is 15.9 Å². The van der Waals surface area contributed by atoms with E-state index < -0.39 is 0 Å². The second-order valence-electron chi connectivity index (χ2n) is 5.89. The number of carbonyl (C=O) groups excluding carboxylic acids is 1. The number of nitrogens with one attached hydrogen (secondary N) is 2. The average Bonchev–Trinajstić information content (AvgIpc) is 2.74. The van der Waals surface area contributed by atoms with Crippen molar-refractivity contribution in [1.82, 2.24) is 0 Å². The molecular formula is C22H20N2O3S. The number of rotatable bonds is 6. The summed E-state index contributed by atoms with van der Waals surface area (Å²) < 4.78 is 10.6. The van der Waals surface area contributed by atoms with Crippen LogP contribution in [0.15, 0.2) is 72.8 Å². The van der Waals surface area contributed by atoms with Crippen molar-refractivity contribution in [2.24, 2.45) is 0 Å². The topological polar surface area (TPSA) is 59.6 Å². The lowest BCUT2D eigenvalue weighted by Gasteiger charge is -2.16. The Hall–Kier alpha value is -3.38. The predicted molar refractivity (Wildman–Crippen MR) is 116 cm³/mol. The highest BCUT2D eigenvalue weighted by atomic mass is 32.1. The summed E-state index contributed by atoms with van der Waals surface area (Å²) in [5.74, 6) is 1.22. The second kappa shape index (κ2) is 9.01. The molecule has 0 aliphatic heterocycles. The van der Waals surface area contributed by atoms with Crippen LogP contribution >= 0.6 is 12.2 Å². The Balaban J connectivity index is 1.81. The smallest absolute Gasteiger partial charge is 0.195 e. The van der Waals surface area contributed by atoms with Crippen molar-refractivity contribution in [3.05, 3.63) is 83.9 Å². The summed E-state index contributed by atoms with van der Waals surface area (Å²) in [4.78, 5) is 12.9. The number of methoxy groups -OCH3 is 2. The Morgan fingerprint density at radius 2 is 1.50 bits per heavy atom. The average molecular weight is 392 g/mol. The first-order chi connectivity index (χ1) is 13.6. The van der Waals surface area contributed by atoms with Gasteiger partial charge in [-0.15, -0.1) is 0 Å². The zero-order chi connectivity index (χ0) is 19.9. The fourth-order valence-corrected chi connectivity index (χ4v) is 2.94. The molecule has 0 heterocycles. The van der Waals surface area contributed by atoms with Gasteiger partial charge in [0.05, 0.1) is 25.6 Å². The Kier molecular flexibility index (Phi) is 6.24. The maximum absolute atomic E-state index is 12.9. The summed E-state index contributed by atoms with van der Waals surface area (Å²) >= 11 is 5.44. The Morgan fingerprint density at radius 1 is 0.821 bits per heavy atom. The fraction of sp³-hybridized carbons (Fsp3) is 0.0909. The van der Waals surface area contributed by atoms with Gasteiger partial charge < -0.3 is 20.1 Å². The molecule has 0 saturated heterocycles. The number of ether oxygens (including phenoxy) is 2. The summed E-state index contributed by atoms with van der Waals surface area (Å²) in [6, 6.07) is 21.8. The van der Waals surface area contributed by atoms with Crippen molar-refractivity contribution >= 4 is 34.5 Å². The minimum atomic E-state index is -0.0783. The molecule has 0 aliphatic rings. The highest BCUT2D eigenvalue weighted by Crippen LogP contribution is 2.29. The van der Waals surface area contributed by atoms with Gasteiger partial charge in [-0.2, -0.15) is 0 Å². The molecule has 3 rings (SSSR count). The molecule has 28 heavy (non-hydrogen) atoms. The van der Waals surface area contributed by atoms with Crippen LogP contribution < -0.4 is 20.1 Å². The molecule has 0 fully saturated rings. The molecule has 3 aromatic carbocycles. The standard InChI is InChI=1S/C22H20N2O3S/c1-26-16-12-13-20(27-2)19(14-16)24-22(28)23-18-11-7-6-10-17(18)21(25)15-8-4-3-5-9-15/h3-14H,1-2H3,(H2,23,24,28). The summed E-state index contributed by atoms with van der Waals surface area (Å²) in [7, 11) is 3.17. The maximum atomic E-state index is 12.9. The summed E-state index contributed by atoms with van der Waals surface area (Å²) in [5.41, 5.74) is 2.43. The molecule has 0 saturated carbocycles. The van der Waals surface area contributed by atoms with E-state index in [2.05, 4.69) is 10.6 Å². The lowest BCUT2D eigenvalue weighted by atomic mass is 10.0. The van der Waals surface area contributed by atoms with E-state index in [9.17, 15) is 4.79 Å². The Bertz CT molecular complexity index is 990. The third-order valence-electron chi connectivity index (χ3n) is 4.11. The molecular weight excluding hydrogens is 372 g/mol. The molecule has 0 atom stereocenters. The van der Waals surface area contributed by atoms with Crippen LogP contribution in [0.5, 0.6) is 11.5 Å². The lowest BCUT2D eigenvalue weighted by Crippen LogP contribution is -2.21. The lowest BCUT2D eigenvalue weighted by molar-refractivity contribution is 0.103. The largest absolute Gasteiger partial charge is 0.497 e. The normalized spacial score (nSPS) is 10.1. The molecule has 0 unspecified atom stereocenters. The minimum absolute atomic E-state index is 0.0783. The number of hydrogen-bond donors (Lipinski definition) is 2. The van der Waals surface area contributed by atoms with Gasteiger partial charge in [0.25, 0.3) is 0 Å². The van der Waals surface area contributed by atoms with Gasteiger partial charge in [-0.3, -0.25) is 4.79 Å². The van der Waals surface area contributed by atoms with Crippen LogP contribution in [0.25, 0.3) is 0 Å². The van der Waals surface area contributed by atoms with Gasteiger partial charge >= 0.3 is 0 Å². The molecule has 2 N–H and O–H groups in total. The maximum Gasteiger partial charge on any atom is 0.195 e. The van der Waals surface area contributed by atoms with Crippen LogP contribution in [0, 0.1) is 0 Å². The first-order valence-electron chi connectivity index (χ1n) is 8.61. The van der Waals surface area contributed by atoms with Crippen LogP contribution in [-0.2, 0) is 0 Å². The fourth-order valence-electron chi connectivity index (χ4n) is 2.72. The van der Waals surface area contributed by atoms with Gasteiger partial charge in [-0.05, 0) is 36.5 Å². The van der Waals surface area contributed by atoms with E-state index in [0.29, 0.717) is 39.1 Å². The molecule has 3 aromatic rings. The van der Waals surface area contributed by atoms with Gasteiger partial charge in [0.1, 0.15) is 11.5 Å². The van der Waals surface area contributed by atoms with Crippen LogP contribution in [0.2, 0.25) is 0 Å². The van der Waals surface area contributed by atoms with E-state index in [-0.39, 0.29) is 5.78 Å². The van der Waals surface area contributed by atoms with Crippen molar-refractivity contribution in [2.75, 3.05) is 24.9 Å². The quantitative estimate of drug-likeness (QED) is 0.467. The number of carbonyl (C=O) groups is 1. The third-order valence-corrected chi connectivity index (χ3v) is 4.31. The number of benzene rings is 3. The SMILES string of the molecule is COc1ccc(OC)c(NC(=S)Nc2ccccc2C(=O)c2ccccc2)c1. The van der Waals surface area contributed by atoms with Gasteiger partial charge in [0, 0.05) is 17.2 Å². The van der Waals surface area contributed by atoms with E-state index >= 15 is 0 Å². The molecule has 0 spiro atoms. The summed E-state index contributed by atoms with van der Waals surface area (Å²) in [5, 5.41) is 6.53. The zero-order valence-electron chi connectivity index (χ0n) is 15.6. The van der Waals surface area contributed by atoms with Gasteiger partial charge in [0.2, 0.25) is 0 Å². The molecule has 0 radical (unpaired) electrons. The predicted octanol–water partition coefficient (Wildman–Crippen LogP) is 4.74. The molecule has 0 amide bonds. The highest BCUT2D eigenvalue weighted by Gasteiger charge is 2.14. The van der Waals surface area contributed by atoms with E-state index in [1.165, 1.54) is 0 Å². The van der Waals surface area contributed by atoms with Crippen molar-refractivity contribution in [3.63, 3.8) is 0 Å². The Labute approximate surface area is 169 Å². The van der Waals surface area contributed by atoms with Crippen molar-refractivity contribution in [2.45, 2.75) is 0 Å². The first kappa shape index (κ1) is 19.4. The van der Waals surface area contributed by atoms with Crippen LogP contribution in [0.3, 0.4) is 0 Å². The van der Waals surface area contributed by atoms with E-state index in [0.717, 1.165) is 0 Å². The number of para-hydroxylation sites is 1. The molecule has 142 valence electrons. The highest BCUT2D eigenvalue weighted by molar-refractivity contribution is 7.80. The van der Waals surface area contributed by atoms with Crippen molar-refractivity contribution in [1.29, 1.82) is 0 Å². The van der Waals surface area contributed by atoms with E-state index in [1.807, 2.05) is 36.4 Å². The monoisotopic (exact) mass is 392 g/mol. The minimum Gasteiger partial charge on any atom is -0.497 e. The molecule has 6 heteroatoms. The molecule has 0 aliphatic carbocycles. The van der Waals surface area contributed by atoms with Crippen LogP contribution in [-0.4, -0.2) is 25.1 Å². The van der Waals surface area contributed by atoms with E-state index in [4.69, 9.17) is 21.7 Å². The zero-order valence-corrected chi connectivity index (χ0v) is 16.4. The number of anilines is 2. The third kappa shape index (κ3) is 4.47. The van der Waals surface area contributed by atoms with Crippen molar-refractivity contribution < 1.29 is 14.3 Å². The van der Waals surface area contributed by atoms with Crippen molar-refractivity contribution in [3.8, 4) is 11.5 Å². The van der Waals surface area contributed by atoms with E-state index in [1.54, 1.807) is 50.6 Å². The van der Waals surface area contributed by atoms with Gasteiger partial charge in [-0.1, -0.05) is 42.5 Å². The van der Waals surface area contributed by atoms with Crippen LogP contribution in [0.4, 0.5) is 11.4 Å². The Morgan fingerprint density at radius 3 is 2.21 bits per heavy atom. The molecule has 5 nitrogen and oxygen atoms in total. The summed E-state index contributed by atoms with van der Waals surface area (Å²) in [6.07, 6.45) is 0.